The molecule has 4 N–H and O–H groups in total. The van der Waals surface area contributed by atoms with Crippen molar-refractivity contribution in [3.8, 4) is 6.19 Å². The number of rotatable bonds is 10. The Kier molecular flexibility index (Phi) is 8.55. The van der Waals surface area contributed by atoms with E-state index in [9.17, 15) is 0 Å². The second-order valence-electron chi connectivity index (χ2n) is 5.87. The summed E-state index contributed by atoms with van der Waals surface area (Å²) in [4.78, 5) is 19.0. The van der Waals surface area contributed by atoms with Gasteiger partial charge in [0.15, 0.2) is 6.19 Å². The van der Waals surface area contributed by atoms with E-state index in [4.69, 9.17) is 5.26 Å². The predicted octanol–water partition coefficient (Wildman–Crippen LogP) is 2.10. The third-order valence-electron chi connectivity index (χ3n) is 3.92. The highest BCUT2D eigenvalue weighted by molar-refractivity contribution is 7.98. The molecule has 0 bridgehead atoms. The quantitative estimate of drug-likeness (QED) is 0.166. The van der Waals surface area contributed by atoms with E-state index in [2.05, 4.69) is 42.5 Å². The van der Waals surface area contributed by atoms with Gasteiger partial charge in [0.2, 0.25) is 5.96 Å². The van der Waals surface area contributed by atoms with Gasteiger partial charge >= 0.3 is 0 Å². The van der Waals surface area contributed by atoms with Gasteiger partial charge in [0.25, 0.3) is 0 Å². The second kappa shape index (κ2) is 11.2. The Bertz CT molecular complexity index is 701. The smallest absolute Gasteiger partial charge is 0.204 e. The second-order valence-corrected chi connectivity index (χ2v) is 6.90. The molecule has 2 rings (SSSR count). The summed E-state index contributed by atoms with van der Waals surface area (Å²) in [6.45, 7) is 4.79. The molecule has 0 aliphatic carbocycles. The van der Waals surface area contributed by atoms with Gasteiger partial charge in [0, 0.05) is 36.0 Å². The zero-order valence-electron chi connectivity index (χ0n) is 15.2. The number of nitrogens with one attached hydrogen (secondary N) is 4. The largest absolute Gasteiger partial charge is 0.352 e. The number of H-pyrrole nitrogens is 2. The first-order valence-electron chi connectivity index (χ1n) is 8.73. The van der Waals surface area contributed by atoms with Crippen molar-refractivity contribution in [2.24, 2.45) is 4.99 Å². The first kappa shape index (κ1) is 19.8. The van der Waals surface area contributed by atoms with E-state index in [1.54, 1.807) is 12.7 Å². The van der Waals surface area contributed by atoms with Crippen molar-refractivity contribution in [2.45, 2.75) is 44.9 Å². The number of nitriles is 1. The molecule has 9 heteroatoms. The van der Waals surface area contributed by atoms with E-state index in [1.165, 1.54) is 0 Å². The average Bonchev–Trinajstić information content (AvgIpc) is 3.29. The maximum atomic E-state index is 8.95. The lowest BCUT2D eigenvalue weighted by Gasteiger charge is -2.18. The Balaban J connectivity index is 1.76. The third-order valence-corrected chi connectivity index (χ3v) is 5.03. The minimum absolute atomic E-state index is 0.241. The maximum Gasteiger partial charge on any atom is 0.204 e. The van der Waals surface area contributed by atoms with Crippen LogP contribution in [0.2, 0.25) is 0 Å². The minimum atomic E-state index is 0.241. The van der Waals surface area contributed by atoms with Gasteiger partial charge in [-0.25, -0.2) is 9.97 Å². The summed E-state index contributed by atoms with van der Waals surface area (Å²) in [5.41, 5.74) is 3.23. The van der Waals surface area contributed by atoms with Crippen molar-refractivity contribution in [3.63, 3.8) is 0 Å². The molecule has 0 aliphatic heterocycles. The summed E-state index contributed by atoms with van der Waals surface area (Å²) >= 11 is 1.82. The molecule has 0 spiro atoms. The van der Waals surface area contributed by atoms with E-state index in [-0.39, 0.29) is 6.04 Å². The number of nitrogens with zero attached hydrogens (tertiary/aromatic N) is 4. The summed E-state index contributed by atoms with van der Waals surface area (Å²) in [6.07, 6.45) is 9.95. The van der Waals surface area contributed by atoms with Crippen LogP contribution in [-0.4, -0.2) is 44.2 Å². The van der Waals surface area contributed by atoms with Gasteiger partial charge in [0.1, 0.15) is 0 Å². The first-order valence-corrected chi connectivity index (χ1v) is 9.88. The molecule has 2 aromatic heterocycles. The number of hydrogen-bond acceptors (Lipinski definition) is 5. The number of hydrogen-bond donors (Lipinski definition) is 4. The molecule has 8 nitrogen and oxygen atoms in total. The fraction of sp³-hybridized carbons (Fsp3) is 0.529. The number of aryl methyl sites for hydroxylation is 2. The van der Waals surface area contributed by atoms with Crippen LogP contribution in [0.25, 0.3) is 0 Å². The average molecular weight is 375 g/mol. The van der Waals surface area contributed by atoms with Crippen LogP contribution in [-0.2, 0) is 12.2 Å². The molecule has 0 aliphatic rings. The molecule has 0 aromatic carbocycles. The van der Waals surface area contributed by atoms with Crippen molar-refractivity contribution < 1.29 is 0 Å². The van der Waals surface area contributed by atoms with E-state index in [0.717, 1.165) is 47.8 Å². The van der Waals surface area contributed by atoms with Crippen LogP contribution in [0.3, 0.4) is 0 Å². The van der Waals surface area contributed by atoms with Gasteiger partial charge < -0.3 is 15.3 Å². The summed E-state index contributed by atoms with van der Waals surface area (Å²) in [5.74, 6) is 2.33. The molecular formula is C17H26N8S. The van der Waals surface area contributed by atoms with Gasteiger partial charge in [0.05, 0.1) is 24.0 Å². The fourth-order valence-electron chi connectivity index (χ4n) is 2.34. The van der Waals surface area contributed by atoms with Crippen LogP contribution < -0.4 is 10.6 Å². The summed E-state index contributed by atoms with van der Waals surface area (Å²) in [5, 5.41) is 14.9. The number of aromatic amines is 2. The highest BCUT2D eigenvalue weighted by Gasteiger charge is 2.10. The van der Waals surface area contributed by atoms with Crippen molar-refractivity contribution in [3.05, 3.63) is 35.9 Å². The lowest BCUT2D eigenvalue weighted by molar-refractivity contribution is 0.639. The molecule has 1 atom stereocenters. The van der Waals surface area contributed by atoms with Gasteiger partial charge in [-0.15, -0.1) is 0 Å². The van der Waals surface area contributed by atoms with Crippen molar-refractivity contribution >= 4 is 17.7 Å². The number of aromatic nitrogens is 4. The Morgan fingerprint density at radius 2 is 2.31 bits per heavy atom. The Morgan fingerprint density at radius 1 is 1.42 bits per heavy atom. The standard InChI is InChI=1S/C17H26N8S/c1-3-14(8-26-9-16-13(2)22-12-24-16)25-17(21-10-18)20-6-4-5-15-7-19-11-23-15/h7,11-12,14H,3-6,8-9H2,1-2H3,(H,19,23)(H,22,24)(H2,20,21,25). The molecule has 0 saturated carbocycles. The van der Waals surface area contributed by atoms with Crippen LogP contribution in [0.15, 0.2) is 23.8 Å². The molecule has 0 amide bonds. The van der Waals surface area contributed by atoms with E-state index in [0.29, 0.717) is 12.5 Å². The van der Waals surface area contributed by atoms with Crippen molar-refractivity contribution in [1.29, 1.82) is 5.26 Å². The predicted molar refractivity (Wildman–Crippen MR) is 105 cm³/mol. The summed E-state index contributed by atoms with van der Waals surface area (Å²) in [7, 11) is 0. The number of aliphatic imine (C=N–C) groups is 1. The van der Waals surface area contributed by atoms with Gasteiger partial charge in [-0.3, -0.25) is 10.3 Å². The lowest BCUT2D eigenvalue weighted by atomic mass is 10.2. The third kappa shape index (κ3) is 6.80. The first-order chi connectivity index (χ1) is 12.7. The molecule has 2 aromatic rings. The highest BCUT2D eigenvalue weighted by Crippen LogP contribution is 2.14. The van der Waals surface area contributed by atoms with E-state index < -0.39 is 0 Å². The highest BCUT2D eigenvalue weighted by atomic mass is 32.2. The van der Waals surface area contributed by atoms with Crippen molar-refractivity contribution in [2.75, 3.05) is 12.3 Å². The van der Waals surface area contributed by atoms with Crippen LogP contribution in [0, 0.1) is 18.4 Å². The number of imidazole rings is 2. The van der Waals surface area contributed by atoms with Gasteiger partial charge in [-0.05, 0) is 26.2 Å². The molecule has 0 fully saturated rings. The van der Waals surface area contributed by atoms with Gasteiger partial charge in [-0.1, -0.05) is 6.92 Å². The number of thioether (sulfide) groups is 1. The van der Waals surface area contributed by atoms with Crippen LogP contribution >= 0.6 is 11.8 Å². The van der Waals surface area contributed by atoms with E-state index >= 15 is 0 Å². The Morgan fingerprint density at radius 3 is 2.96 bits per heavy atom. The monoisotopic (exact) mass is 374 g/mol. The van der Waals surface area contributed by atoms with Crippen LogP contribution in [0.4, 0.5) is 0 Å². The molecular weight excluding hydrogens is 348 g/mol. The van der Waals surface area contributed by atoms with Crippen molar-refractivity contribution in [1.82, 2.24) is 30.6 Å². The Labute approximate surface area is 158 Å². The zero-order valence-corrected chi connectivity index (χ0v) is 16.1. The maximum absolute atomic E-state index is 8.95. The Hall–Kier alpha value is -2.47. The lowest BCUT2D eigenvalue weighted by Crippen LogP contribution is -2.42. The SMILES string of the molecule is CCC(CSCc1nc[nH]c1C)NC(=NCCCc1c[nH]cn1)NC#N. The normalized spacial score (nSPS) is 12.6. The number of guanidine groups is 1. The van der Waals surface area contributed by atoms with Crippen LogP contribution in [0.5, 0.6) is 0 Å². The van der Waals surface area contributed by atoms with Gasteiger partial charge in [-0.2, -0.15) is 17.0 Å². The molecule has 1 unspecified atom stereocenters. The van der Waals surface area contributed by atoms with Crippen LogP contribution in [0.1, 0.15) is 36.8 Å². The van der Waals surface area contributed by atoms with E-state index in [1.807, 2.05) is 31.1 Å². The molecule has 2 heterocycles. The molecule has 0 saturated heterocycles. The summed E-state index contributed by atoms with van der Waals surface area (Å²) in [6, 6.07) is 0.241. The topological polar surface area (TPSA) is 118 Å². The fourth-order valence-corrected chi connectivity index (χ4v) is 3.54. The minimum Gasteiger partial charge on any atom is -0.352 e. The molecule has 0 radical (unpaired) electrons. The zero-order chi connectivity index (χ0) is 18.6. The molecule has 140 valence electrons. The molecule has 26 heavy (non-hydrogen) atoms. The summed E-state index contributed by atoms with van der Waals surface area (Å²) < 4.78 is 0.